The predicted molar refractivity (Wildman–Crippen MR) is 82.9 cm³/mol. The lowest BCUT2D eigenvalue weighted by Gasteiger charge is -2.05. The predicted octanol–water partition coefficient (Wildman–Crippen LogP) is 3.11. The summed E-state index contributed by atoms with van der Waals surface area (Å²) < 4.78 is 0.952. The van der Waals surface area contributed by atoms with Crippen LogP contribution in [0.4, 0.5) is 5.69 Å². The Bertz CT molecular complexity index is 675. The van der Waals surface area contributed by atoms with Crippen LogP contribution in [0, 0.1) is 0 Å². The molecule has 4 nitrogen and oxygen atoms in total. The van der Waals surface area contributed by atoms with Gasteiger partial charge in [0.15, 0.2) is 0 Å². The summed E-state index contributed by atoms with van der Waals surface area (Å²) >= 11 is 1.40. The highest BCUT2D eigenvalue weighted by Gasteiger charge is 2.16. The van der Waals surface area contributed by atoms with Gasteiger partial charge in [0.2, 0.25) is 0 Å². The first-order chi connectivity index (χ1) is 9.75. The number of anilines is 1. The number of nitrogens with one attached hydrogen (secondary N) is 1. The third kappa shape index (κ3) is 2.54. The third-order valence-corrected chi connectivity index (χ3v) is 4.76. The van der Waals surface area contributed by atoms with Gasteiger partial charge in [0.25, 0.3) is 5.91 Å². The molecule has 0 aromatic carbocycles. The fraction of sp³-hybridized carbons (Fsp3) is 0.333. The van der Waals surface area contributed by atoms with E-state index in [1.54, 1.807) is 12.4 Å². The molecule has 0 saturated carbocycles. The zero-order valence-corrected chi connectivity index (χ0v) is 12.0. The second-order valence-electron chi connectivity index (χ2n) is 4.98. The molecule has 0 unspecified atom stereocenters. The van der Waals surface area contributed by atoms with Gasteiger partial charge in [0, 0.05) is 24.3 Å². The molecule has 0 radical (unpaired) electrons. The maximum atomic E-state index is 12.2. The highest BCUT2D eigenvalue weighted by Crippen LogP contribution is 2.32. The van der Waals surface area contributed by atoms with Crippen LogP contribution in [-0.4, -0.2) is 17.4 Å². The molecular formula is C15H17N3OS. The van der Waals surface area contributed by atoms with E-state index in [-0.39, 0.29) is 5.91 Å². The van der Waals surface area contributed by atoms with Crippen molar-refractivity contribution in [2.75, 3.05) is 12.3 Å². The van der Waals surface area contributed by atoms with Gasteiger partial charge >= 0.3 is 0 Å². The van der Waals surface area contributed by atoms with Gasteiger partial charge < -0.3 is 11.1 Å². The minimum absolute atomic E-state index is 0.0812. The van der Waals surface area contributed by atoms with Crippen LogP contribution in [0.2, 0.25) is 0 Å². The average molecular weight is 287 g/mol. The fourth-order valence-corrected chi connectivity index (χ4v) is 3.53. The van der Waals surface area contributed by atoms with Crippen LogP contribution in [0.5, 0.6) is 0 Å². The summed E-state index contributed by atoms with van der Waals surface area (Å²) in [5, 5.41) is 3.87. The molecule has 3 N–H and O–H groups in total. The first-order valence-corrected chi connectivity index (χ1v) is 7.65. The van der Waals surface area contributed by atoms with Crippen molar-refractivity contribution in [1.29, 1.82) is 0 Å². The second kappa shape index (κ2) is 5.63. The van der Waals surface area contributed by atoms with E-state index in [4.69, 9.17) is 5.73 Å². The van der Waals surface area contributed by atoms with Gasteiger partial charge in [0.1, 0.15) is 4.88 Å². The normalized spacial score (nSPS) is 14.5. The molecule has 0 fully saturated rings. The maximum Gasteiger partial charge on any atom is 0.263 e. The summed E-state index contributed by atoms with van der Waals surface area (Å²) in [5.74, 6) is -0.0812. The summed E-state index contributed by atoms with van der Waals surface area (Å²) in [4.78, 5) is 16.8. The Balaban J connectivity index is 1.67. The van der Waals surface area contributed by atoms with E-state index in [0.29, 0.717) is 17.1 Å². The van der Waals surface area contributed by atoms with Crippen molar-refractivity contribution >= 4 is 33.0 Å². The molecule has 3 rings (SSSR count). The first kappa shape index (κ1) is 13.1. The first-order valence-electron chi connectivity index (χ1n) is 6.84. The number of carbonyl (C=O) groups is 1. The molecule has 0 spiro atoms. The van der Waals surface area contributed by atoms with Crippen molar-refractivity contribution in [3.8, 4) is 0 Å². The zero-order valence-electron chi connectivity index (χ0n) is 11.2. The zero-order chi connectivity index (χ0) is 13.9. The highest BCUT2D eigenvalue weighted by molar-refractivity contribution is 7.21. The van der Waals surface area contributed by atoms with Gasteiger partial charge in [-0.05, 0) is 31.7 Å². The third-order valence-electron chi connectivity index (χ3n) is 3.60. The Labute approximate surface area is 121 Å². The van der Waals surface area contributed by atoms with Gasteiger partial charge in [-0.1, -0.05) is 11.6 Å². The molecule has 2 aromatic heterocycles. The summed E-state index contributed by atoms with van der Waals surface area (Å²) in [5.41, 5.74) is 8.06. The lowest BCUT2D eigenvalue weighted by atomic mass is 10.1. The summed E-state index contributed by atoms with van der Waals surface area (Å²) in [6.45, 7) is 0.677. The van der Waals surface area contributed by atoms with Crippen molar-refractivity contribution in [2.45, 2.75) is 25.7 Å². The van der Waals surface area contributed by atoms with E-state index in [2.05, 4.69) is 16.4 Å². The number of rotatable bonds is 4. The van der Waals surface area contributed by atoms with Crippen LogP contribution in [-0.2, 0) is 0 Å². The van der Waals surface area contributed by atoms with Gasteiger partial charge in [0.05, 0.1) is 10.4 Å². The number of allylic oxidation sites excluding steroid dienone is 1. The van der Waals surface area contributed by atoms with Crippen molar-refractivity contribution in [2.24, 2.45) is 0 Å². The summed E-state index contributed by atoms with van der Waals surface area (Å²) in [7, 11) is 0. The number of hydrogen-bond acceptors (Lipinski definition) is 4. The average Bonchev–Trinajstić information content (AvgIpc) is 3.08. The van der Waals surface area contributed by atoms with Crippen LogP contribution in [0.3, 0.4) is 0 Å². The van der Waals surface area contributed by atoms with Gasteiger partial charge in [-0.25, -0.2) is 0 Å². The highest BCUT2D eigenvalue weighted by atomic mass is 32.1. The lowest BCUT2D eigenvalue weighted by Crippen LogP contribution is -2.24. The molecule has 20 heavy (non-hydrogen) atoms. The number of fused-ring (bicyclic) bond motifs is 1. The van der Waals surface area contributed by atoms with Gasteiger partial charge in [-0.15, -0.1) is 11.3 Å². The van der Waals surface area contributed by atoms with E-state index in [1.165, 1.54) is 36.2 Å². The molecule has 2 aromatic rings. The number of amides is 1. The Kier molecular flexibility index (Phi) is 3.69. The molecule has 104 valence electrons. The van der Waals surface area contributed by atoms with Crippen molar-refractivity contribution in [3.05, 3.63) is 35.0 Å². The molecule has 1 aliphatic rings. The van der Waals surface area contributed by atoms with E-state index in [1.807, 2.05) is 6.07 Å². The van der Waals surface area contributed by atoms with Crippen LogP contribution in [0.15, 0.2) is 30.1 Å². The number of nitrogens with zero attached hydrogens (tertiary/aromatic N) is 1. The molecular weight excluding hydrogens is 270 g/mol. The molecule has 1 aliphatic carbocycles. The molecule has 2 heterocycles. The summed E-state index contributed by atoms with van der Waals surface area (Å²) in [6.07, 6.45) is 10.3. The Morgan fingerprint density at radius 2 is 2.40 bits per heavy atom. The van der Waals surface area contributed by atoms with Gasteiger partial charge in [-0.2, -0.15) is 0 Å². The molecule has 0 bridgehead atoms. The largest absolute Gasteiger partial charge is 0.397 e. The number of hydrogen-bond donors (Lipinski definition) is 2. The minimum Gasteiger partial charge on any atom is -0.397 e. The number of nitrogens with two attached hydrogens (primary N) is 1. The van der Waals surface area contributed by atoms with Crippen molar-refractivity contribution in [1.82, 2.24) is 10.3 Å². The minimum atomic E-state index is -0.0812. The van der Waals surface area contributed by atoms with Gasteiger partial charge in [-0.3, -0.25) is 9.78 Å². The van der Waals surface area contributed by atoms with Crippen molar-refractivity contribution < 1.29 is 4.79 Å². The molecule has 5 heteroatoms. The monoisotopic (exact) mass is 287 g/mol. The smallest absolute Gasteiger partial charge is 0.263 e. The number of carbonyl (C=O) groups excluding carboxylic acids is 1. The van der Waals surface area contributed by atoms with E-state index < -0.39 is 0 Å². The van der Waals surface area contributed by atoms with E-state index in [9.17, 15) is 4.79 Å². The quantitative estimate of drug-likeness (QED) is 0.849. The topological polar surface area (TPSA) is 68.0 Å². The SMILES string of the molecule is Nc1c(C(=O)NCCC2=CCCC2)sc2cnccc12. The lowest BCUT2D eigenvalue weighted by molar-refractivity contribution is 0.0959. The molecule has 0 saturated heterocycles. The molecule has 0 atom stereocenters. The van der Waals surface area contributed by atoms with Crippen LogP contribution in [0.1, 0.15) is 35.4 Å². The molecule has 0 aliphatic heterocycles. The Morgan fingerprint density at radius 3 is 3.15 bits per heavy atom. The number of nitrogen functional groups attached to an aromatic ring is 1. The van der Waals surface area contributed by atoms with Crippen LogP contribution >= 0.6 is 11.3 Å². The summed E-state index contributed by atoms with van der Waals surface area (Å²) in [6, 6.07) is 1.85. The fourth-order valence-electron chi connectivity index (χ4n) is 2.52. The number of aromatic nitrogens is 1. The molecule has 1 amide bonds. The van der Waals surface area contributed by atoms with E-state index in [0.717, 1.165) is 16.5 Å². The number of thiophene rings is 1. The van der Waals surface area contributed by atoms with Crippen LogP contribution < -0.4 is 11.1 Å². The standard InChI is InChI=1S/C15H17N3OS/c16-13-11-6-7-17-9-12(11)20-14(13)15(19)18-8-5-10-3-1-2-4-10/h3,6-7,9H,1-2,4-5,8,16H2,(H,18,19). The van der Waals surface area contributed by atoms with E-state index >= 15 is 0 Å². The number of pyridine rings is 1. The Morgan fingerprint density at radius 1 is 1.50 bits per heavy atom. The van der Waals surface area contributed by atoms with Crippen LogP contribution in [0.25, 0.3) is 10.1 Å². The van der Waals surface area contributed by atoms with Crippen molar-refractivity contribution in [3.63, 3.8) is 0 Å². The second-order valence-corrected chi connectivity index (χ2v) is 6.03. The maximum absolute atomic E-state index is 12.2. The Hall–Kier alpha value is -1.88.